The van der Waals surface area contributed by atoms with Gasteiger partial charge in [-0.05, 0) is 18.1 Å². The van der Waals surface area contributed by atoms with E-state index in [0.29, 0.717) is 39.4 Å². The number of H-pyrrole nitrogens is 1. The first-order chi connectivity index (χ1) is 12.0. The minimum atomic E-state index is -1.94. The number of nitrogens with zero attached hydrogens (tertiary/aromatic N) is 2. The molecule has 0 unspecified atom stereocenters. The van der Waals surface area contributed by atoms with Crippen molar-refractivity contribution >= 4 is 30.7 Å². The molecule has 3 N–H and O–H groups in total. The van der Waals surface area contributed by atoms with Crippen LogP contribution in [0.1, 0.15) is 5.56 Å². The van der Waals surface area contributed by atoms with Gasteiger partial charge in [-0.15, -0.1) is 0 Å². The van der Waals surface area contributed by atoms with Gasteiger partial charge in [0.1, 0.15) is 0 Å². The number of aromatic nitrogens is 3. The summed E-state index contributed by atoms with van der Waals surface area (Å²) in [7, 11) is -0.453. The molecule has 9 heteroatoms. The summed E-state index contributed by atoms with van der Waals surface area (Å²) in [4.78, 5) is 34.7. The molecule has 25 heavy (non-hydrogen) atoms. The number of methoxy groups -OCH3 is 1. The van der Waals surface area contributed by atoms with Crippen molar-refractivity contribution in [1.29, 1.82) is 0 Å². The van der Waals surface area contributed by atoms with Crippen LogP contribution in [0.4, 0.5) is 0 Å². The molecule has 0 spiro atoms. The number of hydrogen-bond donors (Lipinski definition) is 3. The van der Waals surface area contributed by atoms with E-state index in [1.807, 2.05) is 6.07 Å². The maximum Gasteiger partial charge on any atom is 0.274 e. The fourth-order valence-corrected chi connectivity index (χ4v) is 3.28. The Labute approximate surface area is 149 Å². The highest BCUT2D eigenvalue weighted by molar-refractivity contribution is 7.45. The van der Waals surface area contributed by atoms with Gasteiger partial charge in [-0.1, -0.05) is 23.7 Å². The van der Waals surface area contributed by atoms with E-state index in [2.05, 4.69) is 15.2 Å². The molecule has 3 rings (SSSR count). The predicted octanol–water partition coefficient (Wildman–Crippen LogP) is 2.49. The number of nitrogens with one attached hydrogen (secondary N) is 1. The lowest BCUT2D eigenvalue weighted by atomic mass is 10.0. The number of aromatic amines is 1. The Kier molecular flexibility index (Phi) is 5.30. The van der Waals surface area contributed by atoms with Gasteiger partial charge in [0.05, 0.1) is 29.4 Å². The summed E-state index contributed by atoms with van der Waals surface area (Å²) in [6.45, 7) is 0. The molecular formula is C16H15ClN3O4P. The van der Waals surface area contributed by atoms with Crippen LogP contribution < -0.4 is 10.3 Å². The SMILES string of the molecule is COc1cc2cn[nH]c(=O)c2c(-c2ccc(CCP(O)O)cc2Cl)n1. The van der Waals surface area contributed by atoms with E-state index in [1.165, 1.54) is 13.3 Å². The van der Waals surface area contributed by atoms with Gasteiger partial charge in [0.15, 0.2) is 8.38 Å². The Morgan fingerprint density at radius 2 is 2.12 bits per heavy atom. The van der Waals surface area contributed by atoms with Crippen molar-refractivity contribution in [3.05, 3.63) is 51.4 Å². The minimum Gasteiger partial charge on any atom is -0.481 e. The number of aryl methyl sites for hydroxylation is 1. The van der Waals surface area contributed by atoms with Gasteiger partial charge in [0, 0.05) is 23.2 Å². The summed E-state index contributed by atoms with van der Waals surface area (Å²) in [5.41, 5.74) is 1.49. The first kappa shape index (κ1) is 17.8. The number of ether oxygens (including phenoxy) is 1. The van der Waals surface area contributed by atoms with Gasteiger partial charge in [-0.25, -0.2) is 10.1 Å². The summed E-state index contributed by atoms with van der Waals surface area (Å²) in [5, 5.41) is 7.59. The number of hydrogen-bond acceptors (Lipinski definition) is 6. The lowest BCUT2D eigenvalue weighted by Crippen LogP contribution is -2.10. The van der Waals surface area contributed by atoms with E-state index in [0.717, 1.165) is 5.56 Å². The molecule has 3 aromatic rings. The summed E-state index contributed by atoms with van der Waals surface area (Å²) >= 11 is 6.40. The van der Waals surface area contributed by atoms with E-state index in [9.17, 15) is 4.79 Å². The van der Waals surface area contributed by atoms with Crippen molar-refractivity contribution in [2.45, 2.75) is 6.42 Å². The molecule has 2 heterocycles. The van der Waals surface area contributed by atoms with Crippen LogP contribution in [-0.4, -0.2) is 38.2 Å². The zero-order valence-electron chi connectivity index (χ0n) is 13.2. The topological polar surface area (TPSA) is 108 Å². The maximum absolute atomic E-state index is 12.2. The molecule has 2 aromatic heterocycles. The lowest BCUT2D eigenvalue weighted by molar-refractivity contribution is 0.399. The molecule has 0 radical (unpaired) electrons. The Bertz CT molecular complexity index is 977. The van der Waals surface area contributed by atoms with Gasteiger partial charge >= 0.3 is 0 Å². The quantitative estimate of drug-likeness (QED) is 0.588. The molecule has 0 aliphatic rings. The molecule has 130 valence electrons. The van der Waals surface area contributed by atoms with Crippen LogP contribution in [0.3, 0.4) is 0 Å². The largest absolute Gasteiger partial charge is 0.481 e. The van der Waals surface area contributed by atoms with Crippen LogP contribution in [-0.2, 0) is 6.42 Å². The van der Waals surface area contributed by atoms with Crippen LogP contribution in [0.2, 0.25) is 5.02 Å². The molecule has 1 aromatic carbocycles. The van der Waals surface area contributed by atoms with Crippen LogP contribution in [0.25, 0.3) is 22.0 Å². The second-order valence-electron chi connectivity index (χ2n) is 5.34. The monoisotopic (exact) mass is 379 g/mol. The molecule has 0 aliphatic heterocycles. The Morgan fingerprint density at radius 3 is 2.80 bits per heavy atom. The highest BCUT2D eigenvalue weighted by Gasteiger charge is 2.15. The van der Waals surface area contributed by atoms with Crippen LogP contribution in [0.5, 0.6) is 5.88 Å². The Morgan fingerprint density at radius 1 is 1.32 bits per heavy atom. The van der Waals surface area contributed by atoms with Gasteiger partial charge in [0.25, 0.3) is 5.56 Å². The minimum absolute atomic E-state index is 0.274. The third-order valence-corrected chi connectivity index (χ3v) is 4.66. The second-order valence-corrected chi connectivity index (χ2v) is 6.94. The van der Waals surface area contributed by atoms with Crippen LogP contribution >= 0.6 is 20.0 Å². The average molecular weight is 380 g/mol. The number of pyridine rings is 1. The number of rotatable bonds is 5. The van der Waals surface area contributed by atoms with Gasteiger partial charge in [0.2, 0.25) is 5.88 Å². The molecule has 0 fully saturated rings. The van der Waals surface area contributed by atoms with Crippen molar-refractivity contribution in [3.8, 4) is 17.1 Å². The Balaban J connectivity index is 2.14. The summed E-state index contributed by atoms with van der Waals surface area (Å²) in [5.74, 6) is 0.348. The van der Waals surface area contributed by atoms with Gasteiger partial charge in [-0.3, -0.25) is 4.79 Å². The van der Waals surface area contributed by atoms with Gasteiger partial charge < -0.3 is 14.5 Å². The molecule has 7 nitrogen and oxygen atoms in total. The zero-order valence-corrected chi connectivity index (χ0v) is 14.9. The van der Waals surface area contributed by atoms with Crippen LogP contribution in [0, 0.1) is 0 Å². The molecule has 0 bridgehead atoms. The average Bonchev–Trinajstić information content (AvgIpc) is 2.59. The highest BCUT2D eigenvalue weighted by atomic mass is 35.5. The molecule has 0 saturated carbocycles. The van der Waals surface area contributed by atoms with Crippen molar-refractivity contribution in [1.82, 2.24) is 15.2 Å². The zero-order chi connectivity index (χ0) is 18.0. The molecule has 0 amide bonds. The fourth-order valence-electron chi connectivity index (χ4n) is 2.53. The molecule has 0 atom stereocenters. The number of halogens is 1. The maximum atomic E-state index is 12.2. The van der Waals surface area contributed by atoms with Crippen molar-refractivity contribution in [2.24, 2.45) is 0 Å². The standard InChI is InChI=1S/C16H15ClN3O4P/c1-24-13-7-10-8-18-20-16(21)14(10)15(19-13)11-3-2-9(6-12(11)17)4-5-25(22)23/h2-3,6-8,22-23H,4-5H2,1H3,(H,20,21). The molecule has 0 saturated heterocycles. The highest BCUT2D eigenvalue weighted by Crippen LogP contribution is 2.33. The lowest BCUT2D eigenvalue weighted by Gasteiger charge is -2.11. The van der Waals surface area contributed by atoms with E-state index >= 15 is 0 Å². The normalized spacial score (nSPS) is 11.2. The van der Waals surface area contributed by atoms with Crippen LogP contribution in [0.15, 0.2) is 35.3 Å². The smallest absolute Gasteiger partial charge is 0.274 e. The van der Waals surface area contributed by atoms with Crippen molar-refractivity contribution in [3.63, 3.8) is 0 Å². The third-order valence-electron chi connectivity index (χ3n) is 3.72. The number of fused-ring (bicyclic) bond motifs is 1. The van der Waals surface area contributed by atoms with E-state index < -0.39 is 8.38 Å². The molecule has 0 aliphatic carbocycles. The van der Waals surface area contributed by atoms with Crippen molar-refractivity contribution < 1.29 is 14.5 Å². The summed E-state index contributed by atoms with van der Waals surface area (Å²) < 4.78 is 5.21. The summed E-state index contributed by atoms with van der Waals surface area (Å²) in [6, 6.07) is 6.95. The first-order valence-corrected chi connectivity index (χ1v) is 9.17. The third kappa shape index (κ3) is 3.80. The predicted molar refractivity (Wildman–Crippen MR) is 97.1 cm³/mol. The fraction of sp³-hybridized carbons (Fsp3) is 0.188. The Hall–Kier alpha value is -2.05. The van der Waals surface area contributed by atoms with E-state index in [-0.39, 0.29) is 11.7 Å². The van der Waals surface area contributed by atoms with Crippen molar-refractivity contribution in [2.75, 3.05) is 13.3 Å². The van der Waals surface area contributed by atoms with E-state index in [1.54, 1.807) is 18.2 Å². The van der Waals surface area contributed by atoms with E-state index in [4.69, 9.17) is 26.1 Å². The van der Waals surface area contributed by atoms with Gasteiger partial charge in [-0.2, -0.15) is 5.10 Å². The number of benzene rings is 1. The first-order valence-electron chi connectivity index (χ1n) is 7.36. The summed E-state index contributed by atoms with van der Waals surface area (Å²) in [6.07, 6.45) is 2.30. The second kappa shape index (κ2) is 7.45. The molecular weight excluding hydrogens is 365 g/mol.